The molecule has 0 saturated heterocycles. The van der Waals surface area contributed by atoms with Gasteiger partial charge in [0, 0.05) is 6.54 Å². The van der Waals surface area contributed by atoms with E-state index >= 15 is 0 Å². The molecule has 1 N–H and O–H groups in total. The summed E-state index contributed by atoms with van der Waals surface area (Å²) in [6.07, 6.45) is 0.860. The Balaban J connectivity index is 2.21. The Labute approximate surface area is 89.7 Å². The van der Waals surface area contributed by atoms with Gasteiger partial charge >= 0.3 is 0 Å². The second-order valence-corrected chi connectivity index (χ2v) is 3.61. The van der Waals surface area contributed by atoms with Crippen molar-refractivity contribution >= 4 is 0 Å². The van der Waals surface area contributed by atoms with Crippen molar-refractivity contribution in [2.75, 3.05) is 13.1 Å². The third kappa shape index (κ3) is 4.57. The van der Waals surface area contributed by atoms with E-state index in [1.165, 1.54) is 12.1 Å². The molecule has 1 unspecified atom stereocenters. The van der Waals surface area contributed by atoms with Gasteiger partial charge in [0.2, 0.25) is 0 Å². The average molecular weight is 206 g/mol. The van der Waals surface area contributed by atoms with Crippen molar-refractivity contribution in [3.63, 3.8) is 0 Å². The quantitative estimate of drug-likeness (QED) is 0.749. The molecular weight excluding hydrogens is 191 g/mol. The van der Waals surface area contributed by atoms with Crippen molar-refractivity contribution in [2.24, 2.45) is 5.92 Å². The fourth-order valence-electron chi connectivity index (χ4n) is 1.25. The fourth-order valence-corrected chi connectivity index (χ4v) is 1.25. The van der Waals surface area contributed by atoms with Crippen LogP contribution >= 0.6 is 0 Å². The zero-order valence-corrected chi connectivity index (χ0v) is 8.83. The van der Waals surface area contributed by atoms with Crippen LogP contribution in [-0.2, 0) is 6.42 Å². The van der Waals surface area contributed by atoms with Crippen LogP contribution in [0, 0.1) is 23.1 Å². The van der Waals surface area contributed by atoms with Crippen LogP contribution in [0.1, 0.15) is 12.5 Å². The van der Waals surface area contributed by atoms with E-state index in [0.717, 1.165) is 18.5 Å². The maximum absolute atomic E-state index is 12.6. The van der Waals surface area contributed by atoms with Crippen molar-refractivity contribution in [3.05, 3.63) is 35.6 Å². The van der Waals surface area contributed by atoms with Gasteiger partial charge in [-0.25, -0.2) is 4.39 Å². The molecule has 15 heavy (non-hydrogen) atoms. The van der Waals surface area contributed by atoms with Crippen LogP contribution in [0.15, 0.2) is 24.3 Å². The largest absolute Gasteiger partial charge is 0.315 e. The van der Waals surface area contributed by atoms with Gasteiger partial charge in [-0.3, -0.25) is 0 Å². The molecule has 0 radical (unpaired) electrons. The van der Waals surface area contributed by atoms with Gasteiger partial charge in [0.1, 0.15) is 5.82 Å². The number of rotatable bonds is 5. The molecule has 0 aromatic heterocycles. The lowest BCUT2D eigenvalue weighted by molar-refractivity contribution is 0.600. The molecule has 1 atom stereocenters. The predicted octanol–water partition coefficient (Wildman–Crippen LogP) is 2.12. The summed E-state index contributed by atoms with van der Waals surface area (Å²) in [5.74, 6) is -0.164. The highest BCUT2D eigenvalue weighted by molar-refractivity contribution is 5.16. The van der Waals surface area contributed by atoms with E-state index in [1.54, 1.807) is 12.1 Å². The van der Waals surface area contributed by atoms with Crippen molar-refractivity contribution in [2.45, 2.75) is 13.3 Å². The molecule has 0 aliphatic rings. The molecule has 0 heterocycles. The van der Waals surface area contributed by atoms with Crippen LogP contribution in [0.5, 0.6) is 0 Å². The number of hydrogen-bond acceptors (Lipinski definition) is 2. The average Bonchev–Trinajstić information content (AvgIpc) is 2.26. The first-order valence-corrected chi connectivity index (χ1v) is 5.07. The molecule has 0 aliphatic heterocycles. The molecule has 1 aromatic rings. The predicted molar refractivity (Wildman–Crippen MR) is 57.8 cm³/mol. The minimum absolute atomic E-state index is 0.0400. The lowest BCUT2D eigenvalue weighted by Gasteiger charge is -2.05. The van der Waals surface area contributed by atoms with Crippen molar-refractivity contribution in [3.8, 4) is 6.07 Å². The summed E-state index contributed by atoms with van der Waals surface area (Å²) in [6, 6.07) is 8.65. The Hall–Kier alpha value is -1.40. The van der Waals surface area contributed by atoms with Crippen LogP contribution in [-0.4, -0.2) is 13.1 Å². The molecule has 0 saturated carbocycles. The Morgan fingerprint density at radius 3 is 2.67 bits per heavy atom. The van der Waals surface area contributed by atoms with E-state index in [-0.39, 0.29) is 11.7 Å². The monoisotopic (exact) mass is 206 g/mol. The number of benzene rings is 1. The Kier molecular flexibility index (Phi) is 4.79. The number of hydrogen-bond donors (Lipinski definition) is 1. The Bertz CT molecular complexity index is 326. The minimum atomic E-state index is -0.204. The lowest BCUT2D eigenvalue weighted by atomic mass is 10.1. The second-order valence-electron chi connectivity index (χ2n) is 3.61. The van der Waals surface area contributed by atoms with E-state index in [1.807, 2.05) is 6.92 Å². The minimum Gasteiger partial charge on any atom is -0.315 e. The van der Waals surface area contributed by atoms with Crippen molar-refractivity contribution in [1.82, 2.24) is 5.32 Å². The highest BCUT2D eigenvalue weighted by Gasteiger charge is 1.98. The van der Waals surface area contributed by atoms with E-state index < -0.39 is 0 Å². The summed E-state index contributed by atoms with van der Waals surface area (Å²) in [5.41, 5.74) is 1.11. The first-order chi connectivity index (χ1) is 7.22. The van der Waals surface area contributed by atoms with Crippen LogP contribution in [0.2, 0.25) is 0 Å². The van der Waals surface area contributed by atoms with Gasteiger partial charge in [-0.1, -0.05) is 12.1 Å². The van der Waals surface area contributed by atoms with E-state index in [2.05, 4.69) is 11.4 Å². The summed E-state index contributed by atoms with van der Waals surface area (Å²) in [4.78, 5) is 0. The van der Waals surface area contributed by atoms with Crippen LogP contribution in [0.25, 0.3) is 0 Å². The van der Waals surface area contributed by atoms with Crippen LogP contribution < -0.4 is 5.32 Å². The zero-order chi connectivity index (χ0) is 11.1. The van der Waals surface area contributed by atoms with Gasteiger partial charge in [-0.05, 0) is 37.6 Å². The number of nitrogens with one attached hydrogen (secondary N) is 1. The van der Waals surface area contributed by atoms with Gasteiger partial charge < -0.3 is 5.32 Å². The Morgan fingerprint density at radius 2 is 2.07 bits per heavy atom. The van der Waals surface area contributed by atoms with E-state index in [9.17, 15) is 4.39 Å². The van der Waals surface area contributed by atoms with Crippen LogP contribution in [0.3, 0.4) is 0 Å². The van der Waals surface area contributed by atoms with Crippen molar-refractivity contribution < 1.29 is 4.39 Å². The standard InChI is InChI=1S/C12H15FN2/c1-10(8-14)9-15-7-6-11-2-4-12(13)5-3-11/h2-5,10,15H,6-7,9H2,1H3. The summed E-state index contributed by atoms with van der Waals surface area (Å²) in [6.45, 7) is 3.40. The SMILES string of the molecule is CC(C#N)CNCCc1ccc(F)cc1. The normalized spacial score (nSPS) is 12.1. The highest BCUT2D eigenvalue weighted by atomic mass is 19.1. The highest BCUT2D eigenvalue weighted by Crippen LogP contribution is 2.02. The smallest absolute Gasteiger partial charge is 0.123 e. The van der Waals surface area contributed by atoms with E-state index in [4.69, 9.17) is 5.26 Å². The number of nitrogens with zero attached hydrogens (tertiary/aromatic N) is 1. The molecule has 0 amide bonds. The third-order valence-electron chi connectivity index (χ3n) is 2.17. The molecule has 0 bridgehead atoms. The molecule has 2 nitrogen and oxygen atoms in total. The summed E-state index contributed by atoms with van der Waals surface area (Å²) < 4.78 is 12.6. The zero-order valence-electron chi connectivity index (χ0n) is 8.83. The van der Waals surface area contributed by atoms with Gasteiger partial charge in [-0.2, -0.15) is 5.26 Å². The maximum atomic E-state index is 12.6. The first-order valence-electron chi connectivity index (χ1n) is 5.07. The topological polar surface area (TPSA) is 35.8 Å². The molecule has 1 aromatic carbocycles. The number of halogens is 1. The maximum Gasteiger partial charge on any atom is 0.123 e. The fraction of sp³-hybridized carbons (Fsp3) is 0.417. The third-order valence-corrected chi connectivity index (χ3v) is 2.17. The Morgan fingerprint density at radius 1 is 1.40 bits per heavy atom. The summed E-state index contributed by atoms with van der Waals surface area (Å²) >= 11 is 0. The molecular formula is C12H15FN2. The van der Waals surface area contributed by atoms with Crippen LogP contribution in [0.4, 0.5) is 4.39 Å². The molecule has 3 heteroatoms. The molecule has 0 aliphatic carbocycles. The summed E-state index contributed by atoms with van der Waals surface area (Å²) in [7, 11) is 0. The van der Waals surface area contributed by atoms with Gasteiger partial charge in [0.05, 0.1) is 12.0 Å². The molecule has 0 spiro atoms. The number of nitriles is 1. The van der Waals surface area contributed by atoms with Gasteiger partial charge in [-0.15, -0.1) is 0 Å². The first kappa shape index (κ1) is 11.7. The second kappa shape index (κ2) is 6.15. The molecule has 80 valence electrons. The van der Waals surface area contributed by atoms with Gasteiger partial charge in [0.15, 0.2) is 0 Å². The molecule has 0 fully saturated rings. The lowest BCUT2D eigenvalue weighted by Crippen LogP contribution is -2.22. The molecule has 1 rings (SSSR count). The van der Waals surface area contributed by atoms with E-state index in [0.29, 0.717) is 6.54 Å². The van der Waals surface area contributed by atoms with Crippen molar-refractivity contribution in [1.29, 1.82) is 5.26 Å². The summed E-state index contributed by atoms with van der Waals surface area (Å²) in [5, 5.41) is 11.7. The van der Waals surface area contributed by atoms with Gasteiger partial charge in [0.25, 0.3) is 0 Å².